The zero-order valence-electron chi connectivity index (χ0n) is 17.9. The molecule has 0 unspecified atom stereocenters. The van der Waals surface area contributed by atoms with E-state index >= 15 is 0 Å². The number of hydrogen-bond donors (Lipinski definition) is 2. The number of nitrogens with one attached hydrogen (secondary N) is 1. The fraction of sp³-hybridized carbons (Fsp3) is 0.240. The largest absolute Gasteiger partial charge is 0.490 e. The molecule has 3 aromatic rings. The molecule has 2 N–H and O–H groups in total. The van der Waals surface area contributed by atoms with Gasteiger partial charge in [0.05, 0.1) is 17.2 Å². The van der Waals surface area contributed by atoms with Crippen LogP contribution in [0.5, 0.6) is 11.5 Å². The van der Waals surface area contributed by atoms with Gasteiger partial charge in [-0.15, -0.1) is 0 Å². The van der Waals surface area contributed by atoms with E-state index in [1.165, 1.54) is 0 Å². The predicted octanol–water partition coefficient (Wildman–Crippen LogP) is 6.24. The molecule has 0 saturated heterocycles. The van der Waals surface area contributed by atoms with Crippen molar-refractivity contribution in [2.75, 3.05) is 11.9 Å². The Labute approximate surface area is 187 Å². The SMILES string of the molecule is CCOc1cc(CNc2cc(C(=O)O)ccc2C)cc(Cl)c1OCc1ccccc1C. The summed E-state index contributed by atoms with van der Waals surface area (Å²) in [7, 11) is 0. The summed E-state index contributed by atoms with van der Waals surface area (Å²) in [6, 6.07) is 16.8. The minimum Gasteiger partial charge on any atom is -0.490 e. The third-order valence-electron chi connectivity index (χ3n) is 4.97. The maximum absolute atomic E-state index is 11.2. The second-order valence-electron chi connectivity index (χ2n) is 7.24. The van der Waals surface area contributed by atoms with Crippen LogP contribution in [0, 0.1) is 13.8 Å². The van der Waals surface area contributed by atoms with E-state index < -0.39 is 5.97 Å². The van der Waals surface area contributed by atoms with Gasteiger partial charge in [-0.05, 0) is 67.3 Å². The zero-order valence-corrected chi connectivity index (χ0v) is 18.6. The third kappa shape index (κ3) is 5.70. The fourth-order valence-corrected chi connectivity index (χ4v) is 3.48. The van der Waals surface area contributed by atoms with Crippen LogP contribution in [0.4, 0.5) is 5.69 Å². The summed E-state index contributed by atoms with van der Waals surface area (Å²) in [5.41, 5.74) is 5.09. The summed E-state index contributed by atoms with van der Waals surface area (Å²) in [4.78, 5) is 11.2. The molecule has 31 heavy (non-hydrogen) atoms. The van der Waals surface area contributed by atoms with Gasteiger partial charge in [0.1, 0.15) is 6.61 Å². The number of rotatable bonds is 9. The van der Waals surface area contributed by atoms with E-state index in [1.54, 1.807) is 18.2 Å². The minimum absolute atomic E-state index is 0.237. The van der Waals surface area contributed by atoms with Crippen LogP contribution >= 0.6 is 11.6 Å². The standard InChI is InChI=1S/C25H26ClNO4/c1-4-30-23-12-18(14-27-22-13-19(25(28)29)10-9-17(22)3)11-21(26)24(23)31-15-20-8-6-5-7-16(20)2/h5-13,27H,4,14-15H2,1-3H3,(H,28,29). The topological polar surface area (TPSA) is 67.8 Å². The van der Waals surface area contributed by atoms with Gasteiger partial charge in [-0.25, -0.2) is 4.79 Å². The van der Waals surface area contributed by atoms with Crippen molar-refractivity contribution in [3.63, 3.8) is 0 Å². The van der Waals surface area contributed by atoms with Crippen LogP contribution < -0.4 is 14.8 Å². The normalized spacial score (nSPS) is 10.6. The van der Waals surface area contributed by atoms with Gasteiger partial charge in [-0.2, -0.15) is 0 Å². The van der Waals surface area contributed by atoms with Crippen LogP contribution in [-0.4, -0.2) is 17.7 Å². The number of ether oxygens (including phenoxy) is 2. The van der Waals surface area contributed by atoms with E-state index in [9.17, 15) is 9.90 Å². The average molecular weight is 440 g/mol. The fourth-order valence-electron chi connectivity index (χ4n) is 3.19. The molecular weight excluding hydrogens is 414 g/mol. The first kappa shape index (κ1) is 22.5. The van der Waals surface area contributed by atoms with Gasteiger partial charge in [0.15, 0.2) is 11.5 Å². The molecule has 0 bridgehead atoms. The van der Waals surface area contributed by atoms with Crippen molar-refractivity contribution in [1.29, 1.82) is 0 Å². The molecule has 0 aromatic heterocycles. The highest BCUT2D eigenvalue weighted by molar-refractivity contribution is 6.32. The van der Waals surface area contributed by atoms with Gasteiger partial charge in [0.25, 0.3) is 0 Å². The van der Waals surface area contributed by atoms with Crippen molar-refractivity contribution < 1.29 is 19.4 Å². The van der Waals surface area contributed by atoms with E-state index in [4.69, 9.17) is 21.1 Å². The van der Waals surface area contributed by atoms with E-state index in [2.05, 4.69) is 5.32 Å². The molecule has 3 aromatic carbocycles. The Bertz CT molecular complexity index is 1080. The lowest BCUT2D eigenvalue weighted by atomic mass is 10.1. The van der Waals surface area contributed by atoms with Gasteiger partial charge in [0.2, 0.25) is 0 Å². The molecule has 0 saturated carbocycles. The Morgan fingerprint density at radius 2 is 1.81 bits per heavy atom. The lowest BCUT2D eigenvalue weighted by molar-refractivity contribution is 0.0697. The van der Waals surface area contributed by atoms with Crippen LogP contribution in [0.15, 0.2) is 54.6 Å². The first-order valence-electron chi connectivity index (χ1n) is 10.1. The Morgan fingerprint density at radius 3 is 2.52 bits per heavy atom. The van der Waals surface area contributed by atoms with Crippen molar-refractivity contribution in [1.82, 2.24) is 0 Å². The average Bonchev–Trinajstić information content (AvgIpc) is 2.73. The van der Waals surface area contributed by atoms with Crippen LogP contribution in [0.2, 0.25) is 5.02 Å². The Kier molecular flexibility index (Phi) is 7.42. The second-order valence-corrected chi connectivity index (χ2v) is 7.65. The summed E-state index contributed by atoms with van der Waals surface area (Å²) < 4.78 is 11.8. The summed E-state index contributed by atoms with van der Waals surface area (Å²) in [6.07, 6.45) is 0. The van der Waals surface area contributed by atoms with E-state index in [0.29, 0.717) is 36.3 Å². The predicted molar refractivity (Wildman–Crippen MR) is 124 cm³/mol. The molecule has 0 fully saturated rings. The highest BCUT2D eigenvalue weighted by Crippen LogP contribution is 2.37. The van der Waals surface area contributed by atoms with Crippen LogP contribution in [0.1, 0.15) is 39.5 Å². The van der Waals surface area contributed by atoms with Crippen molar-refractivity contribution in [3.05, 3.63) is 87.4 Å². The van der Waals surface area contributed by atoms with Gasteiger partial charge in [0, 0.05) is 12.2 Å². The van der Waals surface area contributed by atoms with Gasteiger partial charge in [-0.1, -0.05) is 41.9 Å². The quantitative estimate of drug-likeness (QED) is 0.412. The Hall–Kier alpha value is -3.18. The summed E-state index contributed by atoms with van der Waals surface area (Å²) in [6.45, 7) is 7.21. The van der Waals surface area contributed by atoms with E-state index in [-0.39, 0.29) is 5.56 Å². The third-order valence-corrected chi connectivity index (χ3v) is 5.25. The number of carboxylic acids is 1. The van der Waals surface area contributed by atoms with Crippen molar-refractivity contribution >= 4 is 23.3 Å². The summed E-state index contributed by atoms with van der Waals surface area (Å²) >= 11 is 6.55. The maximum Gasteiger partial charge on any atom is 0.335 e. The van der Waals surface area contributed by atoms with Crippen molar-refractivity contribution in [2.45, 2.75) is 33.9 Å². The second kappa shape index (κ2) is 10.2. The van der Waals surface area contributed by atoms with Gasteiger partial charge in [-0.3, -0.25) is 0 Å². The van der Waals surface area contributed by atoms with Gasteiger partial charge < -0.3 is 19.9 Å². The molecule has 6 heteroatoms. The molecule has 0 aliphatic rings. The lowest BCUT2D eigenvalue weighted by Crippen LogP contribution is -2.06. The van der Waals surface area contributed by atoms with E-state index in [0.717, 1.165) is 27.9 Å². The number of carboxylic acid groups (broad SMARTS) is 1. The molecule has 162 valence electrons. The summed E-state index contributed by atoms with van der Waals surface area (Å²) in [5, 5.41) is 13.0. The number of aryl methyl sites for hydroxylation is 2. The zero-order chi connectivity index (χ0) is 22.4. The first-order valence-corrected chi connectivity index (χ1v) is 10.5. The van der Waals surface area contributed by atoms with Gasteiger partial charge >= 0.3 is 5.97 Å². The molecular formula is C25H26ClNO4. The molecule has 0 heterocycles. The Balaban J connectivity index is 1.79. The molecule has 0 aliphatic heterocycles. The first-order chi connectivity index (χ1) is 14.9. The van der Waals surface area contributed by atoms with Crippen LogP contribution in [-0.2, 0) is 13.2 Å². The summed E-state index contributed by atoms with van der Waals surface area (Å²) in [5.74, 6) is 0.135. The highest BCUT2D eigenvalue weighted by atomic mass is 35.5. The number of anilines is 1. The molecule has 0 radical (unpaired) electrons. The van der Waals surface area contributed by atoms with E-state index in [1.807, 2.05) is 57.2 Å². The monoisotopic (exact) mass is 439 g/mol. The van der Waals surface area contributed by atoms with Crippen molar-refractivity contribution in [2.24, 2.45) is 0 Å². The number of halogens is 1. The smallest absolute Gasteiger partial charge is 0.335 e. The molecule has 0 amide bonds. The Morgan fingerprint density at radius 1 is 1.03 bits per heavy atom. The number of hydrogen-bond acceptors (Lipinski definition) is 4. The molecule has 5 nitrogen and oxygen atoms in total. The number of aromatic carboxylic acids is 1. The van der Waals surface area contributed by atoms with Crippen LogP contribution in [0.25, 0.3) is 0 Å². The number of benzene rings is 3. The lowest BCUT2D eigenvalue weighted by Gasteiger charge is -2.17. The minimum atomic E-state index is -0.958. The van der Waals surface area contributed by atoms with Crippen molar-refractivity contribution in [3.8, 4) is 11.5 Å². The molecule has 3 rings (SSSR count). The van der Waals surface area contributed by atoms with Crippen LogP contribution in [0.3, 0.4) is 0 Å². The molecule has 0 aliphatic carbocycles. The molecule has 0 atom stereocenters. The highest BCUT2D eigenvalue weighted by Gasteiger charge is 2.14. The maximum atomic E-state index is 11.2. The molecule has 0 spiro atoms. The number of carbonyl (C=O) groups is 1.